The van der Waals surface area contributed by atoms with Gasteiger partial charge in [0.2, 0.25) is 5.91 Å². The highest BCUT2D eigenvalue weighted by Crippen LogP contribution is 2.36. The third-order valence-corrected chi connectivity index (χ3v) is 8.12. The van der Waals surface area contributed by atoms with Crippen LogP contribution < -0.4 is 0 Å². The van der Waals surface area contributed by atoms with E-state index in [0.717, 1.165) is 68.1 Å². The lowest BCUT2D eigenvalue weighted by molar-refractivity contribution is -0.139. The van der Waals surface area contributed by atoms with Crippen LogP contribution in [0.5, 0.6) is 0 Å². The van der Waals surface area contributed by atoms with E-state index in [4.69, 9.17) is 28.3 Å². The molecule has 3 aliphatic rings. The average Bonchev–Trinajstić information content (AvgIpc) is 3.59. The number of fused-ring (bicyclic) bond motifs is 1. The first-order valence-electron chi connectivity index (χ1n) is 12.7. The van der Waals surface area contributed by atoms with Crippen LogP contribution in [0.25, 0.3) is 5.69 Å². The molecule has 2 aromatic carbocycles. The van der Waals surface area contributed by atoms with E-state index in [1.165, 1.54) is 23.2 Å². The monoisotopic (exact) mass is 508 g/mol. The average molecular weight is 509 g/mol. The molecule has 0 atom stereocenters. The summed E-state index contributed by atoms with van der Waals surface area (Å²) in [7, 11) is 0. The number of halogens is 2. The summed E-state index contributed by atoms with van der Waals surface area (Å²) in [6, 6.07) is 16.4. The minimum absolute atomic E-state index is 0.212. The lowest BCUT2D eigenvalue weighted by Crippen LogP contribution is -2.40. The molecule has 0 radical (unpaired) electrons. The fourth-order valence-electron chi connectivity index (χ4n) is 5.32. The van der Waals surface area contributed by atoms with Crippen molar-refractivity contribution in [2.24, 2.45) is 5.92 Å². The van der Waals surface area contributed by atoms with E-state index in [2.05, 4.69) is 20.5 Å². The SMILES string of the molecule is O=C(C1CCC1)N(Cc1nn(-c2ccc(Cl)cc2)c2c1CN(Cc1cccc(Cl)c1)CC2)C1CC1. The largest absolute Gasteiger partial charge is 0.333 e. The van der Waals surface area contributed by atoms with Gasteiger partial charge in [0.25, 0.3) is 0 Å². The van der Waals surface area contributed by atoms with Gasteiger partial charge in [-0.05, 0) is 67.6 Å². The molecule has 5 nitrogen and oxygen atoms in total. The molecule has 2 aliphatic carbocycles. The van der Waals surface area contributed by atoms with Gasteiger partial charge in [0.05, 0.1) is 23.6 Å². The van der Waals surface area contributed by atoms with Gasteiger partial charge in [-0.25, -0.2) is 4.68 Å². The van der Waals surface area contributed by atoms with Crippen LogP contribution in [0.3, 0.4) is 0 Å². The first-order chi connectivity index (χ1) is 17.0. The second kappa shape index (κ2) is 9.61. The maximum Gasteiger partial charge on any atom is 0.226 e. The lowest BCUT2D eigenvalue weighted by atomic mass is 9.84. The Morgan fingerprint density at radius 2 is 1.83 bits per heavy atom. The van der Waals surface area contributed by atoms with Crippen molar-refractivity contribution in [2.45, 2.75) is 64.2 Å². The van der Waals surface area contributed by atoms with Crippen LogP contribution in [-0.2, 0) is 30.8 Å². The fourth-order valence-corrected chi connectivity index (χ4v) is 5.66. The zero-order valence-corrected chi connectivity index (χ0v) is 21.3. The number of rotatable bonds is 7. The summed E-state index contributed by atoms with van der Waals surface area (Å²) in [6.45, 7) is 3.22. The normalized spacial score (nSPS) is 18.2. The van der Waals surface area contributed by atoms with Gasteiger partial charge in [-0.1, -0.05) is 41.8 Å². The van der Waals surface area contributed by atoms with E-state index in [1.54, 1.807) is 0 Å². The number of carbonyl (C=O) groups is 1. The maximum atomic E-state index is 13.3. The Kier molecular flexibility index (Phi) is 6.34. The summed E-state index contributed by atoms with van der Waals surface area (Å²) < 4.78 is 2.08. The summed E-state index contributed by atoms with van der Waals surface area (Å²) in [4.78, 5) is 17.9. The van der Waals surface area contributed by atoms with Crippen molar-refractivity contribution in [2.75, 3.05) is 6.54 Å². The smallest absolute Gasteiger partial charge is 0.226 e. The minimum Gasteiger partial charge on any atom is -0.333 e. The van der Waals surface area contributed by atoms with E-state index in [-0.39, 0.29) is 5.92 Å². The van der Waals surface area contributed by atoms with Gasteiger partial charge in [0, 0.05) is 53.6 Å². The molecule has 0 bridgehead atoms. The zero-order valence-electron chi connectivity index (χ0n) is 19.8. The lowest BCUT2D eigenvalue weighted by Gasteiger charge is -2.32. The molecule has 1 aromatic heterocycles. The predicted molar refractivity (Wildman–Crippen MR) is 139 cm³/mol. The molecule has 0 N–H and O–H groups in total. The Morgan fingerprint density at radius 1 is 1.03 bits per heavy atom. The number of carbonyl (C=O) groups excluding carboxylic acids is 1. The first kappa shape index (κ1) is 23.1. The molecule has 0 unspecified atom stereocenters. The molecule has 182 valence electrons. The summed E-state index contributed by atoms with van der Waals surface area (Å²) in [5, 5.41) is 6.60. The van der Waals surface area contributed by atoms with Crippen LogP contribution in [0, 0.1) is 5.92 Å². The van der Waals surface area contributed by atoms with Crippen LogP contribution >= 0.6 is 23.2 Å². The highest BCUT2D eigenvalue weighted by atomic mass is 35.5. The third-order valence-electron chi connectivity index (χ3n) is 7.63. The Balaban J connectivity index is 1.32. The highest BCUT2D eigenvalue weighted by Gasteiger charge is 2.39. The second-order valence-electron chi connectivity index (χ2n) is 10.2. The highest BCUT2D eigenvalue weighted by molar-refractivity contribution is 6.30. The van der Waals surface area contributed by atoms with E-state index in [0.29, 0.717) is 23.5 Å². The maximum absolute atomic E-state index is 13.3. The minimum atomic E-state index is 0.212. The molecule has 1 amide bonds. The van der Waals surface area contributed by atoms with E-state index in [9.17, 15) is 4.79 Å². The van der Waals surface area contributed by atoms with Crippen molar-refractivity contribution in [3.05, 3.63) is 81.1 Å². The molecule has 2 fully saturated rings. The van der Waals surface area contributed by atoms with Gasteiger partial charge in [-0.3, -0.25) is 9.69 Å². The van der Waals surface area contributed by atoms with Crippen LogP contribution in [0.15, 0.2) is 48.5 Å². The van der Waals surface area contributed by atoms with Gasteiger partial charge in [-0.2, -0.15) is 5.10 Å². The first-order valence-corrected chi connectivity index (χ1v) is 13.4. The Bertz CT molecular complexity index is 1230. The molecular formula is C28H30Cl2N4O. The summed E-state index contributed by atoms with van der Waals surface area (Å²) in [5.74, 6) is 0.546. The van der Waals surface area contributed by atoms with Gasteiger partial charge in [-0.15, -0.1) is 0 Å². The van der Waals surface area contributed by atoms with E-state index < -0.39 is 0 Å². The Labute approximate surface area is 216 Å². The molecule has 0 saturated heterocycles. The fraction of sp³-hybridized carbons (Fsp3) is 0.429. The van der Waals surface area contributed by atoms with Gasteiger partial charge >= 0.3 is 0 Å². The van der Waals surface area contributed by atoms with Crippen LogP contribution in [-0.4, -0.2) is 38.1 Å². The van der Waals surface area contributed by atoms with Gasteiger partial charge in [0.1, 0.15) is 0 Å². The molecule has 0 spiro atoms. The molecule has 35 heavy (non-hydrogen) atoms. The van der Waals surface area contributed by atoms with Crippen molar-refractivity contribution in [1.29, 1.82) is 0 Å². The van der Waals surface area contributed by atoms with Crippen molar-refractivity contribution in [3.8, 4) is 5.69 Å². The van der Waals surface area contributed by atoms with Crippen molar-refractivity contribution in [1.82, 2.24) is 19.6 Å². The molecule has 6 rings (SSSR count). The number of aromatic nitrogens is 2. The molecule has 2 heterocycles. The molecule has 2 saturated carbocycles. The van der Waals surface area contributed by atoms with E-state index in [1.807, 2.05) is 42.5 Å². The Morgan fingerprint density at radius 3 is 2.51 bits per heavy atom. The molecule has 1 aliphatic heterocycles. The zero-order chi connectivity index (χ0) is 23.9. The van der Waals surface area contributed by atoms with Gasteiger partial charge in [0.15, 0.2) is 0 Å². The van der Waals surface area contributed by atoms with E-state index >= 15 is 0 Å². The van der Waals surface area contributed by atoms with Gasteiger partial charge < -0.3 is 4.90 Å². The number of hydrogen-bond acceptors (Lipinski definition) is 3. The molecule has 7 heteroatoms. The summed E-state index contributed by atoms with van der Waals surface area (Å²) >= 11 is 12.4. The Hall–Kier alpha value is -2.34. The predicted octanol–water partition coefficient (Wildman–Crippen LogP) is 6.03. The van der Waals surface area contributed by atoms with Crippen molar-refractivity contribution >= 4 is 29.1 Å². The summed E-state index contributed by atoms with van der Waals surface area (Å²) in [6.07, 6.45) is 6.37. The van der Waals surface area contributed by atoms with Crippen LogP contribution in [0.2, 0.25) is 10.0 Å². The standard InChI is InChI=1S/C28H30Cl2N4O/c29-21-7-9-24(10-8-21)34-27-13-14-32(16-19-3-1-6-22(30)15-19)17-25(27)26(31-34)18-33(23-11-12-23)28(35)20-4-2-5-20/h1,3,6-10,15,20,23H,2,4-5,11-14,16-18H2. The van der Waals surface area contributed by atoms with Crippen molar-refractivity contribution < 1.29 is 4.79 Å². The number of benzene rings is 2. The van der Waals surface area contributed by atoms with Crippen LogP contribution in [0.1, 0.15) is 54.6 Å². The number of nitrogens with zero attached hydrogens (tertiary/aromatic N) is 4. The summed E-state index contributed by atoms with van der Waals surface area (Å²) in [5.41, 5.74) is 5.78. The second-order valence-corrected chi connectivity index (χ2v) is 11.0. The number of hydrogen-bond donors (Lipinski definition) is 0. The quantitative estimate of drug-likeness (QED) is 0.391. The molecular weight excluding hydrogens is 479 g/mol. The third kappa shape index (κ3) is 4.87. The topological polar surface area (TPSA) is 41.4 Å². The van der Waals surface area contributed by atoms with Crippen molar-refractivity contribution in [3.63, 3.8) is 0 Å². The number of amides is 1. The van der Waals surface area contributed by atoms with Crippen LogP contribution in [0.4, 0.5) is 0 Å². The molecule has 3 aromatic rings.